The van der Waals surface area contributed by atoms with Crippen LogP contribution in [0.4, 0.5) is 0 Å². The highest BCUT2D eigenvalue weighted by molar-refractivity contribution is 7.14. The number of carbonyl (C=O) groups excluding carboxylic acids is 1. The molecule has 0 saturated carbocycles. The van der Waals surface area contributed by atoms with E-state index >= 15 is 0 Å². The smallest absolute Gasteiger partial charge is 0.349 e. The van der Waals surface area contributed by atoms with E-state index in [0.717, 1.165) is 4.88 Å². The van der Waals surface area contributed by atoms with E-state index in [1.54, 1.807) is 6.07 Å². The summed E-state index contributed by atoms with van der Waals surface area (Å²) in [6.45, 7) is 7.48. The van der Waals surface area contributed by atoms with Crippen molar-refractivity contribution < 1.29 is 19.4 Å². The highest BCUT2D eigenvalue weighted by Gasteiger charge is 2.19. The van der Waals surface area contributed by atoms with E-state index in [1.165, 1.54) is 11.3 Å². The van der Waals surface area contributed by atoms with Gasteiger partial charge in [-0.05, 0) is 25.8 Å². The third-order valence-electron chi connectivity index (χ3n) is 2.29. The first-order chi connectivity index (χ1) is 8.81. The molecule has 1 aromatic rings. The third-order valence-corrected chi connectivity index (χ3v) is 3.69. The Morgan fingerprint density at radius 3 is 2.47 bits per heavy atom. The maximum absolute atomic E-state index is 11.5. The molecule has 0 radical (unpaired) electrons. The molecule has 0 aliphatic rings. The lowest BCUT2D eigenvalue weighted by molar-refractivity contribution is -0.123. The Morgan fingerprint density at radius 1 is 1.37 bits per heavy atom. The number of carboxylic acid groups (broad SMARTS) is 1. The Morgan fingerprint density at radius 2 is 2.00 bits per heavy atom. The van der Waals surface area contributed by atoms with E-state index in [9.17, 15) is 9.59 Å². The molecule has 0 aliphatic heterocycles. The molecule has 1 rings (SSSR count). The normalized spacial score (nSPS) is 10.8. The molecule has 19 heavy (non-hydrogen) atoms. The summed E-state index contributed by atoms with van der Waals surface area (Å²) < 4.78 is 5.31. The van der Waals surface area contributed by atoms with Gasteiger partial charge >= 0.3 is 5.97 Å². The zero-order chi connectivity index (χ0) is 14.6. The van der Waals surface area contributed by atoms with Crippen LogP contribution in [-0.2, 0) is 4.79 Å². The Bertz CT molecular complexity index is 465. The molecule has 0 bridgehead atoms. The zero-order valence-corrected chi connectivity index (χ0v) is 12.3. The number of ether oxygens (including phenoxy) is 1. The Balaban J connectivity index is 2.76. The van der Waals surface area contributed by atoms with Crippen LogP contribution in [0.5, 0.6) is 5.75 Å². The van der Waals surface area contributed by atoms with Gasteiger partial charge in [-0.2, -0.15) is 0 Å². The molecule has 106 valence electrons. The summed E-state index contributed by atoms with van der Waals surface area (Å²) in [6.07, 6.45) is 0. The molecule has 0 aliphatic carbocycles. The average Bonchev–Trinajstić information content (AvgIpc) is 2.69. The van der Waals surface area contributed by atoms with E-state index < -0.39 is 5.97 Å². The summed E-state index contributed by atoms with van der Waals surface area (Å²) in [5.74, 6) is -0.801. The minimum Gasteiger partial charge on any atom is -0.482 e. The second kappa shape index (κ2) is 6.56. The fourth-order valence-corrected chi connectivity index (χ4v) is 2.38. The van der Waals surface area contributed by atoms with Crippen LogP contribution in [-0.4, -0.2) is 29.6 Å². The molecule has 0 unspecified atom stereocenters. The molecule has 0 fully saturated rings. The van der Waals surface area contributed by atoms with Crippen molar-refractivity contribution >= 4 is 23.2 Å². The van der Waals surface area contributed by atoms with Crippen molar-refractivity contribution in [1.82, 2.24) is 5.32 Å². The molecule has 1 amide bonds. The predicted octanol–water partition coefficient (Wildman–Crippen LogP) is 2.47. The van der Waals surface area contributed by atoms with Crippen molar-refractivity contribution in [2.45, 2.75) is 39.7 Å². The van der Waals surface area contributed by atoms with Crippen LogP contribution in [0.25, 0.3) is 0 Å². The summed E-state index contributed by atoms with van der Waals surface area (Å²) in [5, 5.41) is 11.8. The summed E-state index contributed by atoms with van der Waals surface area (Å²) in [6, 6.07) is 1.73. The van der Waals surface area contributed by atoms with Crippen LogP contribution in [0.15, 0.2) is 6.07 Å². The number of carboxylic acids is 1. The largest absolute Gasteiger partial charge is 0.482 e. The topological polar surface area (TPSA) is 75.6 Å². The first-order valence-corrected chi connectivity index (χ1v) is 6.92. The molecular weight excluding hydrogens is 266 g/mol. The molecule has 2 N–H and O–H groups in total. The molecule has 0 saturated heterocycles. The average molecular weight is 285 g/mol. The van der Waals surface area contributed by atoms with Crippen LogP contribution in [0.3, 0.4) is 0 Å². The van der Waals surface area contributed by atoms with Gasteiger partial charge in [-0.15, -0.1) is 11.3 Å². The van der Waals surface area contributed by atoms with E-state index in [2.05, 4.69) is 5.32 Å². The maximum atomic E-state index is 11.5. The molecule has 0 atom stereocenters. The second-order valence-electron chi connectivity index (χ2n) is 4.81. The maximum Gasteiger partial charge on any atom is 0.349 e. The van der Waals surface area contributed by atoms with Gasteiger partial charge in [-0.1, -0.05) is 13.8 Å². The molecule has 5 nitrogen and oxygen atoms in total. The monoisotopic (exact) mass is 285 g/mol. The van der Waals surface area contributed by atoms with Gasteiger partial charge in [0.25, 0.3) is 5.91 Å². The third kappa shape index (κ3) is 4.55. The van der Waals surface area contributed by atoms with Gasteiger partial charge in [0, 0.05) is 10.9 Å². The van der Waals surface area contributed by atoms with Gasteiger partial charge < -0.3 is 15.2 Å². The number of thiophene rings is 1. The van der Waals surface area contributed by atoms with Gasteiger partial charge in [0.2, 0.25) is 0 Å². The summed E-state index contributed by atoms with van der Waals surface area (Å²) in [5.41, 5.74) is 0. The number of aromatic carboxylic acids is 1. The number of hydrogen-bond acceptors (Lipinski definition) is 4. The summed E-state index contributed by atoms with van der Waals surface area (Å²) in [7, 11) is 0. The van der Waals surface area contributed by atoms with E-state index in [4.69, 9.17) is 9.84 Å². The Hall–Kier alpha value is -1.56. The predicted molar refractivity (Wildman–Crippen MR) is 74.1 cm³/mol. The minimum atomic E-state index is -1.03. The Kier molecular flexibility index (Phi) is 5.35. The van der Waals surface area contributed by atoms with Crippen LogP contribution in [0.2, 0.25) is 0 Å². The van der Waals surface area contributed by atoms with Gasteiger partial charge in [0.15, 0.2) is 11.5 Å². The lowest BCUT2D eigenvalue weighted by atomic mass is 10.2. The minimum absolute atomic E-state index is 0.0312. The highest BCUT2D eigenvalue weighted by atomic mass is 32.1. The van der Waals surface area contributed by atoms with Gasteiger partial charge in [0.05, 0.1) is 0 Å². The standard InChI is InChI=1S/C13H19NO4S/c1-7(2)10-5-9(12(19-10)13(16)17)18-6-11(15)14-8(3)4/h5,7-8H,6H2,1-4H3,(H,14,15)(H,16,17). The van der Waals surface area contributed by atoms with Gasteiger partial charge in [0.1, 0.15) is 5.75 Å². The summed E-state index contributed by atoms with van der Waals surface area (Å²) in [4.78, 5) is 23.6. The van der Waals surface area contributed by atoms with Crippen molar-refractivity contribution in [3.63, 3.8) is 0 Å². The lowest BCUT2D eigenvalue weighted by Crippen LogP contribution is -2.34. The van der Waals surface area contributed by atoms with Crippen LogP contribution < -0.4 is 10.1 Å². The number of hydrogen-bond donors (Lipinski definition) is 2. The van der Waals surface area contributed by atoms with Gasteiger partial charge in [-0.25, -0.2) is 4.79 Å². The second-order valence-corrected chi connectivity index (χ2v) is 5.90. The SMILES string of the molecule is CC(C)NC(=O)COc1cc(C(C)C)sc1C(=O)O. The molecule has 0 aromatic carbocycles. The van der Waals surface area contributed by atoms with Crippen molar-refractivity contribution in [1.29, 1.82) is 0 Å². The molecular formula is C13H19NO4S. The fourth-order valence-electron chi connectivity index (χ4n) is 1.44. The molecule has 1 aromatic heterocycles. The number of carbonyl (C=O) groups is 2. The van der Waals surface area contributed by atoms with Crippen molar-refractivity contribution in [3.8, 4) is 5.75 Å². The first kappa shape index (κ1) is 15.5. The van der Waals surface area contributed by atoms with E-state index in [-0.39, 0.29) is 35.1 Å². The quantitative estimate of drug-likeness (QED) is 0.842. The molecule has 6 heteroatoms. The number of nitrogens with one attached hydrogen (secondary N) is 1. The molecule has 0 spiro atoms. The zero-order valence-electron chi connectivity index (χ0n) is 11.5. The van der Waals surface area contributed by atoms with E-state index in [0.29, 0.717) is 0 Å². The van der Waals surface area contributed by atoms with Crippen molar-refractivity contribution in [3.05, 3.63) is 15.8 Å². The van der Waals surface area contributed by atoms with Crippen LogP contribution in [0.1, 0.15) is 48.2 Å². The van der Waals surface area contributed by atoms with Crippen LogP contribution >= 0.6 is 11.3 Å². The lowest BCUT2D eigenvalue weighted by Gasteiger charge is -2.09. The summed E-state index contributed by atoms with van der Waals surface area (Å²) >= 11 is 1.19. The molecule has 1 heterocycles. The van der Waals surface area contributed by atoms with Crippen molar-refractivity contribution in [2.24, 2.45) is 0 Å². The van der Waals surface area contributed by atoms with E-state index in [1.807, 2.05) is 27.7 Å². The number of rotatable bonds is 6. The first-order valence-electron chi connectivity index (χ1n) is 6.10. The number of amides is 1. The van der Waals surface area contributed by atoms with Gasteiger partial charge in [-0.3, -0.25) is 4.79 Å². The Labute approximate surface area is 116 Å². The highest BCUT2D eigenvalue weighted by Crippen LogP contribution is 2.33. The fraction of sp³-hybridized carbons (Fsp3) is 0.538. The van der Waals surface area contributed by atoms with Crippen molar-refractivity contribution in [2.75, 3.05) is 6.61 Å². The van der Waals surface area contributed by atoms with Crippen LogP contribution in [0, 0.1) is 0 Å².